The second-order valence-corrected chi connectivity index (χ2v) is 4.45. The Balaban J connectivity index is 2.12. The number of likely N-dealkylation sites (N-methyl/N-ethyl adjacent to an activating group) is 1. The Morgan fingerprint density at radius 2 is 2.00 bits per heavy atom. The number of halogens is 3. The van der Waals surface area contributed by atoms with Gasteiger partial charge in [0.15, 0.2) is 0 Å². The van der Waals surface area contributed by atoms with Gasteiger partial charge in [-0.05, 0) is 24.6 Å². The lowest BCUT2D eigenvalue weighted by atomic mass is 10.1. The molecule has 0 heterocycles. The Kier molecular flexibility index (Phi) is 3.14. The molecule has 2 nitrogen and oxygen atoms in total. The Morgan fingerprint density at radius 3 is 2.59 bits per heavy atom. The fraction of sp³-hybridized carbons (Fsp3) is 0.500. The van der Waals surface area contributed by atoms with Crippen molar-refractivity contribution in [2.45, 2.75) is 24.7 Å². The zero-order chi connectivity index (χ0) is 12.6. The molecule has 0 aliphatic heterocycles. The lowest BCUT2D eigenvalue weighted by Crippen LogP contribution is -2.41. The average molecular weight is 245 g/mol. The van der Waals surface area contributed by atoms with Gasteiger partial charge in [0.2, 0.25) is 0 Å². The van der Waals surface area contributed by atoms with E-state index in [1.165, 1.54) is 11.9 Å². The van der Waals surface area contributed by atoms with Gasteiger partial charge in [-0.2, -0.15) is 13.2 Å². The SMILES string of the molecule is CN(CC(F)(F)F)C1Cc2ccccc2C1O. The molecule has 2 unspecified atom stereocenters. The van der Waals surface area contributed by atoms with Gasteiger partial charge in [-0.3, -0.25) is 4.90 Å². The van der Waals surface area contributed by atoms with Crippen molar-refractivity contribution in [3.63, 3.8) is 0 Å². The molecule has 1 aliphatic rings. The van der Waals surface area contributed by atoms with Gasteiger partial charge in [0.05, 0.1) is 12.6 Å². The first kappa shape index (κ1) is 12.4. The molecule has 0 saturated heterocycles. The van der Waals surface area contributed by atoms with Crippen LogP contribution in [0.2, 0.25) is 0 Å². The Bertz CT molecular complexity index is 405. The number of aliphatic hydroxyl groups is 1. The summed E-state index contributed by atoms with van der Waals surface area (Å²) in [7, 11) is 1.40. The minimum Gasteiger partial charge on any atom is -0.387 e. The number of fused-ring (bicyclic) bond motifs is 1. The smallest absolute Gasteiger partial charge is 0.387 e. The van der Waals surface area contributed by atoms with Crippen molar-refractivity contribution in [2.24, 2.45) is 0 Å². The molecule has 0 spiro atoms. The van der Waals surface area contributed by atoms with Crippen molar-refractivity contribution in [2.75, 3.05) is 13.6 Å². The maximum atomic E-state index is 12.3. The van der Waals surface area contributed by atoms with E-state index in [0.29, 0.717) is 6.42 Å². The fourth-order valence-electron chi connectivity index (χ4n) is 2.35. The molecule has 1 aromatic carbocycles. The van der Waals surface area contributed by atoms with Crippen LogP contribution < -0.4 is 0 Å². The van der Waals surface area contributed by atoms with Gasteiger partial charge < -0.3 is 5.11 Å². The van der Waals surface area contributed by atoms with Crippen LogP contribution in [0.5, 0.6) is 0 Å². The monoisotopic (exact) mass is 245 g/mol. The molecular formula is C12H14F3NO. The largest absolute Gasteiger partial charge is 0.401 e. The minimum absolute atomic E-state index is 0.462. The first-order valence-corrected chi connectivity index (χ1v) is 5.41. The van der Waals surface area contributed by atoms with E-state index in [9.17, 15) is 18.3 Å². The van der Waals surface area contributed by atoms with Crippen LogP contribution in [0.15, 0.2) is 24.3 Å². The zero-order valence-electron chi connectivity index (χ0n) is 9.41. The lowest BCUT2D eigenvalue weighted by Gasteiger charge is -2.27. The van der Waals surface area contributed by atoms with E-state index in [2.05, 4.69) is 0 Å². The molecule has 0 bridgehead atoms. The van der Waals surface area contributed by atoms with Crippen molar-refractivity contribution < 1.29 is 18.3 Å². The highest BCUT2D eigenvalue weighted by Gasteiger charge is 2.38. The van der Waals surface area contributed by atoms with E-state index in [1.807, 2.05) is 12.1 Å². The van der Waals surface area contributed by atoms with Gasteiger partial charge in [-0.25, -0.2) is 0 Å². The zero-order valence-corrected chi connectivity index (χ0v) is 9.41. The van der Waals surface area contributed by atoms with Crippen LogP contribution in [0.3, 0.4) is 0 Å². The number of alkyl halides is 3. The highest BCUT2D eigenvalue weighted by Crippen LogP contribution is 2.34. The van der Waals surface area contributed by atoms with Crippen molar-refractivity contribution in [3.05, 3.63) is 35.4 Å². The number of rotatable bonds is 2. The Labute approximate surface area is 97.7 Å². The molecule has 0 amide bonds. The van der Waals surface area contributed by atoms with Crippen LogP contribution in [0.25, 0.3) is 0 Å². The van der Waals surface area contributed by atoms with Gasteiger partial charge in [0.1, 0.15) is 0 Å². The molecule has 1 N–H and O–H groups in total. The van der Waals surface area contributed by atoms with Gasteiger partial charge >= 0.3 is 6.18 Å². The maximum Gasteiger partial charge on any atom is 0.401 e. The van der Waals surface area contributed by atoms with Crippen LogP contribution in [0, 0.1) is 0 Å². The molecule has 94 valence electrons. The van der Waals surface area contributed by atoms with Crippen molar-refractivity contribution in [1.82, 2.24) is 4.90 Å². The first-order valence-electron chi connectivity index (χ1n) is 5.41. The summed E-state index contributed by atoms with van der Waals surface area (Å²) in [6.45, 7) is -0.997. The molecule has 17 heavy (non-hydrogen) atoms. The highest BCUT2D eigenvalue weighted by molar-refractivity contribution is 5.35. The summed E-state index contributed by atoms with van der Waals surface area (Å²) in [5, 5.41) is 10.00. The molecule has 5 heteroatoms. The standard InChI is InChI=1S/C12H14F3NO/c1-16(7-12(13,14)15)10-6-8-4-2-3-5-9(8)11(10)17/h2-5,10-11,17H,6-7H2,1H3. The van der Waals surface area contributed by atoms with Crippen molar-refractivity contribution in [3.8, 4) is 0 Å². The normalized spacial score (nSPS) is 24.1. The number of hydrogen-bond acceptors (Lipinski definition) is 2. The molecule has 1 aliphatic carbocycles. The summed E-state index contributed by atoms with van der Waals surface area (Å²) in [6, 6.07) is 6.74. The summed E-state index contributed by atoms with van der Waals surface area (Å²) in [5.41, 5.74) is 1.67. The number of benzene rings is 1. The van der Waals surface area contributed by atoms with Crippen LogP contribution in [-0.4, -0.2) is 35.8 Å². The van der Waals surface area contributed by atoms with Crippen molar-refractivity contribution in [1.29, 1.82) is 0 Å². The predicted octanol–water partition coefficient (Wildman–Crippen LogP) is 2.14. The first-order chi connectivity index (χ1) is 7.88. The molecule has 0 aromatic heterocycles. The molecule has 0 saturated carbocycles. The number of nitrogens with zero attached hydrogens (tertiary/aromatic N) is 1. The molecule has 2 rings (SSSR count). The van der Waals surface area contributed by atoms with Crippen LogP contribution in [-0.2, 0) is 6.42 Å². The van der Waals surface area contributed by atoms with E-state index in [1.54, 1.807) is 12.1 Å². The third-order valence-corrected chi connectivity index (χ3v) is 3.16. The molecular weight excluding hydrogens is 231 g/mol. The van der Waals surface area contributed by atoms with E-state index in [0.717, 1.165) is 11.1 Å². The van der Waals surface area contributed by atoms with E-state index in [-0.39, 0.29) is 0 Å². The van der Waals surface area contributed by atoms with Crippen LogP contribution >= 0.6 is 0 Å². The molecule has 2 atom stereocenters. The van der Waals surface area contributed by atoms with Gasteiger partial charge in [-0.15, -0.1) is 0 Å². The average Bonchev–Trinajstić information content (AvgIpc) is 2.55. The summed E-state index contributed by atoms with van der Waals surface area (Å²) in [4.78, 5) is 1.17. The third kappa shape index (κ3) is 2.61. The van der Waals surface area contributed by atoms with Gasteiger partial charge in [-0.1, -0.05) is 24.3 Å². The second-order valence-electron chi connectivity index (χ2n) is 4.45. The van der Waals surface area contributed by atoms with Gasteiger partial charge in [0, 0.05) is 6.04 Å². The third-order valence-electron chi connectivity index (χ3n) is 3.16. The topological polar surface area (TPSA) is 23.5 Å². The molecule has 0 radical (unpaired) electrons. The maximum absolute atomic E-state index is 12.3. The number of hydrogen-bond donors (Lipinski definition) is 1. The van der Waals surface area contributed by atoms with E-state index >= 15 is 0 Å². The van der Waals surface area contributed by atoms with Crippen LogP contribution in [0.1, 0.15) is 17.2 Å². The predicted molar refractivity (Wildman–Crippen MR) is 57.6 cm³/mol. The quantitative estimate of drug-likeness (QED) is 0.863. The molecule has 1 aromatic rings. The summed E-state index contributed by atoms with van der Waals surface area (Å²) in [5.74, 6) is 0. The molecule has 0 fully saturated rings. The second kappa shape index (κ2) is 4.31. The summed E-state index contributed by atoms with van der Waals surface area (Å²) in [6.07, 6.45) is -4.61. The summed E-state index contributed by atoms with van der Waals surface area (Å²) >= 11 is 0. The fourth-order valence-corrected chi connectivity index (χ4v) is 2.35. The Hall–Kier alpha value is -1.07. The van der Waals surface area contributed by atoms with E-state index in [4.69, 9.17) is 0 Å². The minimum atomic E-state index is -4.23. The Morgan fingerprint density at radius 1 is 1.35 bits per heavy atom. The van der Waals surface area contributed by atoms with Gasteiger partial charge in [0.25, 0.3) is 0 Å². The highest BCUT2D eigenvalue weighted by atomic mass is 19.4. The lowest BCUT2D eigenvalue weighted by molar-refractivity contribution is -0.151. The number of aliphatic hydroxyl groups excluding tert-OH is 1. The summed E-state index contributed by atoms with van der Waals surface area (Å²) < 4.78 is 36.9. The van der Waals surface area contributed by atoms with Crippen LogP contribution in [0.4, 0.5) is 13.2 Å². The van der Waals surface area contributed by atoms with Crippen molar-refractivity contribution >= 4 is 0 Å². The van der Waals surface area contributed by atoms with E-state index < -0.39 is 24.9 Å².